The Morgan fingerprint density at radius 3 is 2.82 bits per heavy atom. The van der Waals surface area contributed by atoms with Crippen LogP contribution in [-0.4, -0.2) is 11.9 Å². The second-order valence-corrected chi connectivity index (χ2v) is 5.94. The van der Waals surface area contributed by atoms with Crippen molar-refractivity contribution in [1.29, 1.82) is 0 Å². The van der Waals surface area contributed by atoms with Crippen LogP contribution in [0.5, 0.6) is 0 Å². The number of nitrogens with one attached hydrogen (secondary N) is 1. The highest BCUT2D eigenvalue weighted by Crippen LogP contribution is 2.46. The standard InChI is InChI=1S/C17H14F2N2O/c1-17-9-15(10-6-7-12(18)13(19)8-10)21-22-16(17)20-14-5-3-2-4-11(14)17/h2-8,16,20H,9H2,1H3. The molecule has 0 aliphatic carbocycles. The Balaban J connectivity index is 1.73. The summed E-state index contributed by atoms with van der Waals surface area (Å²) >= 11 is 0. The van der Waals surface area contributed by atoms with Crippen LogP contribution in [0.4, 0.5) is 14.5 Å². The van der Waals surface area contributed by atoms with E-state index in [0.29, 0.717) is 17.7 Å². The first-order chi connectivity index (χ1) is 10.6. The molecule has 1 N–H and O–H groups in total. The minimum atomic E-state index is -0.877. The normalized spacial score (nSPS) is 25.6. The molecule has 3 nitrogen and oxygen atoms in total. The smallest absolute Gasteiger partial charge is 0.207 e. The van der Waals surface area contributed by atoms with Crippen molar-refractivity contribution in [3.63, 3.8) is 0 Å². The van der Waals surface area contributed by atoms with Gasteiger partial charge in [-0.3, -0.25) is 0 Å². The fraction of sp³-hybridized carbons (Fsp3) is 0.235. The van der Waals surface area contributed by atoms with Crippen LogP contribution in [0.2, 0.25) is 0 Å². The highest BCUT2D eigenvalue weighted by atomic mass is 19.2. The number of para-hydroxylation sites is 1. The van der Waals surface area contributed by atoms with Gasteiger partial charge in [0.15, 0.2) is 11.6 Å². The third kappa shape index (κ3) is 1.81. The van der Waals surface area contributed by atoms with E-state index in [2.05, 4.69) is 23.5 Å². The topological polar surface area (TPSA) is 33.6 Å². The van der Waals surface area contributed by atoms with Crippen molar-refractivity contribution in [2.24, 2.45) is 5.16 Å². The van der Waals surface area contributed by atoms with E-state index in [1.165, 1.54) is 6.07 Å². The van der Waals surface area contributed by atoms with Crippen molar-refractivity contribution in [2.45, 2.75) is 25.0 Å². The number of fused-ring (bicyclic) bond motifs is 3. The molecule has 0 radical (unpaired) electrons. The molecule has 4 rings (SSSR count). The predicted molar refractivity (Wildman–Crippen MR) is 79.8 cm³/mol. The molecule has 0 amide bonds. The number of rotatable bonds is 1. The van der Waals surface area contributed by atoms with Gasteiger partial charge in [0.25, 0.3) is 0 Å². The first-order valence-electron chi connectivity index (χ1n) is 7.12. The third-order valence-corrected chi connectivity index (χ3v) is 4.46. The van der Waals surface area contributed by atoms with Crippen LogP contribution in [0.25, 0.3) is 0 Å². The van der Waals surface area contributed by atoms with Gasteiger partial charge in [-0.2, -0.15) is 0 Å². The van der Waals surface area contributed by atoms with Crippen molar-refractivity contribution in [1.82, 2.24) is 0 Å². The number of oxime groups is 1. The number of nitrogens with zero attached hydrogens (tertiary/aromatic N) is 1. The molecule has 2 aliphatic rings. The van der Waals surface area contributed by atoms with E-state index in [1.807, 2.05) is 18.2 Å². The number of anilines is 1. The fourth-order valence-electron chi connectivity index (χ4n) is 3.21. The monoisotopic (exact) mass is 300 g/mol. The fourth-order valence-corrected chi connectivity index (χ4v) is 3.21. The lowest BCUT2D eigenvalue weighted by Gasteiger charge is -2.34. The maximum absolute atomic E-state index is 13.5. The van der Waals surface area contributed by atoms with Crippen LogP contribution in [0.3, 0.4) is 0 Å². The second-order valence-electron chi connectivity index (χ2n) is 5.94. The van der Waals surface area contributed by atoms with Gasteiger partial charge in [0.05, 0.1) is 11.1 Å². The highest BCUT2D eigenvalue weighted by molar-refractivity contribution is 6.01. The van der Waals surface area contributed by atoms with E-state index in [0.717, 1.165) is 23.4 Å². The number of benzene rings is 2. The molecule has 0 bridgehead atoms. The molecule has 2 aromatic rings. The Labute approximate surface area is 126 Å². The summed E-state index contributed by atoms with van der Waals surface area (Å²) in [5, 5.41) is 7.41. The molecule has 2 unspecified atom stereocenters. The average Bonchev–Trinajstić information content (AvgIpc) is 2.82. The van der Waals surface area contributed by atoms with Crippen molar-refractivity contribution in [3.05, 3.63) is 65.2 Å². The molecule has 2 heterocycles. The zero-order chi connectivity index (χ0) is 15.3. The lowest BCUT2D eigenvalue weighted by molar-refractivity contribution is 0.0203. The molecule has 0 spiro atoms. The highest BCUT2D eigenvalue weighted by Gasteiger charge is 2.48. The lowest BCUT2D eigenvalue weighted by atomic mass is 9.77. The van der Waals surface area contributed by atoms with E-state index >= 15 is 0 Å². The Morgan fingerprint density at radius 2 is 2.00 bits per heavy atom. The van der Waals surface area contributed by atoms with Gasteiger partial charge in [-0.25, -0.2) is 8.78 Å². The summed E-state index contributed by atoms with van der Waals surface area (Å²) < 4.78 is 26.6. The largest absolute Gasteiger partial charge is 0.370 e. The average molecular weight is 300 g/mol. The molecule has 112 valence electrons. The summed E-state index contributed by atoms with van der Waals surface area (Å²) in [4.78, 5) is 5.59. The van der Waals surface area contributed by atoms with Crippen LogP contribution in [0.1, 0.15) is 24.5 Å². The molecule has 22 heavy (non-hydrogen) atoms. The molecular formula is C17H14F2N2O. The van der Waals surface area contributed by atoms with Crippen molar-refractivity contribution < 1.29 is 13.6 Å². The first kappa shape index (κ1) is 13.2. The van der Waals surface area contributed by atoms with Crippen LogP contribution in [0, 0.1) is 11.6 Å². The first-order valence-corrected chi connectivity index (χ1v) is 7.12. The van der Waals surface area contributed by atoms with Gasteiger partial charge in [-0.05, 0) is 36.8 Å². The lowest BCUT2D eigenvalue weighted by Crippen LogP contribution is -2.42. The Hall–Kier alpha value is -2.43. The van der Waals surface area contributed by atoms with Gasteiger partial charge < -0.3 is 10.2 Å². The van der Waals surface area contributed by atoms with Gasteiger partial charge in [-0.1, -0.05) is 23.4 Å². The van der Waals surface area contributed by atoms with Gasteiger partial charge in [0, 0.05) is 17.7 Å². The molecule has 0 fully saturated rings. The van der Waals surface area contributed by atoms with Gasteiger partial charge in [0.1, 0.15) is 0 Å². The van der Waals surface area contributed by atoms with E-state index in [9.17, 15) is 8.78 Å². The van der Waals surface area contributed by atoms with Crippen molar-refractivity contribution in [2.75, 3.05) is 5.32 Å². The van der Waals surface area contributed by atoms with Crippen LogP contribution < -0.4 is 5.32 Å². The Morgan fingerprint density at radius 1 is 1.18 bits per heavy atom. The van der Waals surface area contributed by atoms with Crippen molar-refractivity contribution in [3.8, 4) is 0 Å². The molecule has 5 heteroatoms. The SMILES string of the molecule is CC12CC(c3ccc(F)c(F)c3)=NOC1Nc1ccccc12. The van der Waals surface area contributed by atoms with E-state index < -0.39 is 11.6 Å². The van der Waals surface area contributed by atoms with Crippen LogP contribution >= 0.6 is 0 Å². The zero-order valence-corrected chi connectivity index (χ0v) is 11.9. The van der Waals surface area contributed by atoms with Gasteiger partial charge in [0.2, 0.25) is 6.23 Å². The Kier molecular flexibility index (Phi) is 2.73. The maximum Gasteiger partial charge on any atom is 0.207 e. The summed E-state index contributed by atoms with van der Waals surface area (Å²) in [7, 11) is 0. The summed E-state index contributed by atoms with van der Waals surface area (Å²) in [6, 6.07) is 11.8. The van der Waals surface area contributed by atoms with E-state index in [-0.39, 0.29) is 11.6 Å². The van der Waals surface area contributed by atoms with Crippen molar-refractivity contribution >= 4 is 11.4 Å². The Bertz CT molecular complexity index is 790. The summed E-state index contributed by atoms with van der Waals surface area (Å²) in [5.41, 5.74) is 3.05. The summed E-state index contributed by atoms with van der Waals surface area (Å²) in [6.07, 6.45) is 0.339. The van der Waals surface area contributed by atoms with Crippen LogP contribution in [-0.2, 0) is 10.3 Å². The van der Waals surface area contributed by atoms with Crippen LogP contribution in [0.15, 0.2) is 47.6 Å². The minimum Gasteiger partial charge on any atom is -0.370 e. The molecule has 2 atom stereocenters. The zero-order valence-electron chi connectivity index (χ0n) is 11.9. The molecule has 0 saturated heterocycles. The molecule has 0 saturated carbocycles. The van der Waals surface area contributed by atoms with Gasteiger partial charge >= 0.3 is 0 Å². The van der Waals surface area contributed by atoms with E-state index in [1.54, 1.807) is 0 Å². The number of hydrogen-bond donors (Lipinski definition) is 1. The number of halogens is 2. The minimum absolute atomic E-state index is 0.251. The maximum atomic E-state index is 13.5. The predicted octanol–water partition coefficient (Wildman–Crippen LogP) is 3.80. The van der Waals surface area contributed by atoms with Gasteiger partial charge in [-0.15, -0.1) is 0 Å². The molecule has 2 aliphatic heterocycles. The molecule has 0 aromatic heterocycles. The second kappa shape index (κ2) is 4.53. The summed E-state index contributed by atoms with van der Waals surface area (Å²) in [5.74, 6) is -1.74. The quantitative estimate of drug-likeness (QED) is 0.869. The van der Waals surface area contributed by atoms with E-state index in [4.69, 9.17) is 4.84 Å². The third-order valence-electron chi connectivity index (χ3n) is 4.46. The molecule has 2 aromatic carbocycles. The summed E-state index contributed by atoms with van der Waals surface area (Å²) in [6.45, 7) is 2.09. The molecular weight excluding hydrogens is 286 g/mol. The number of hydrogen-bond acceptors (Lipinski definition) is 3.